The van der Waals surface area contributed by atoms with Gasteiger partial charge in [0.15, 0.2) is 0 Å². The number of rotatable bonds is 3. The molecule has 1 heterocycles. The summed E-state index contributed by atoms with van der Waals surface area (Å²) in [5.74, 6) is -0.194. The molecular formula is C19H23BrO4. The molecule has 0 saturated carbocycles. The van der Waals surface area contributed by atoms with Crippen molar-refractivity contribution in [2.75, 3.05) is 0 Å². The second kappa shape index (κ2) is 5.80. The quantitative estimate of drug-likeness (QED) is 0.692. The summed E-state index contributed by atoms with van der Waals surface area (Å²) in [4.78, 5) is 11.0. The zero-order valence-electron chi connectivity index (χ0n) is 14.5. The Hall–Kier alpha value is -1.49. The molecule has 5 heteroatoms. The van der Waals surface area contributed by atoms with Crippen LogP contribution in [0.3, 0.4) is 0 Å². The number of carbonyl (C=O) groups is 1. The van der Waals surface area contributed by atoms with E-state index in [4.69, 9.17) is 14.3 Å². The van der Waals surface area contributed by atoms with Crippen LogP contribution in [0.4, 0.5) is 0 Å². The van der Waals surface area contributed by atoms with E-state index in [0.29, 0.717) is 0 Å². The number of allylic oxidation sites excluding steroid dienone is 4. The van der Waals surface area contributed by atoms with Crippen molar-refractivity contribution in [3.8, 4) is 5.95 Å². The fourth-order valence-electron chi connectivity index (χ4n) is 3.90. The molecule has 2 aliphatic carbocycles. The van der Waals surface area contributed by atoms with Crippen LogP contribution in [0.15, 0.2) is 37.9 Å². The summed E-state index contributed by atoms with van der Waals surface area (Å²) >= 11 is 3.78. The highest BCUT2D eigenvalue weighted by atomic mass is 79.9. The summed E-state index contributed by atoms with van der Waals surface area (Å²) in [6, 6.07) is 2.97. The first-order valence-corrected chi connectivity index (χ1v) is 9.05. The van der Waals surface area contributed by atoms with Gasteiger partial charge in [0.05, 0.1) is 4.48 Å². The van der Waals surface area contributed by atoms with E-state index >= 15 is 0 Å². The molecule has 1 aromatic rings. The first kappa shape index (κ1) is 17.3. The Morgan fingerprint density at radius 2 is 1.96 bits per heavy atom. The van der Waals surface area contributed by atoms with Gasteiger partial charge in [-0.25, -0.2) is 4.79 Å². The number of carboxylic acids is 1. The SMILES string of the molecule is CC1(C)CC2=C(C(Br)=C1Oc1ccc(C(=O)O)o1)C(C)(C)CCC2. The van der Waals surface area contributed by atoms with Crippen LogP contribution in [0.1, 0.15) is 63.9 Å². The predicted octanol–water partition coefficient (Wildman–Crippen LogP) is 5.90. The van der Waals surface area contributed by atoms with Gasteiger partial charge in [0.2, 0.25) is 5.76 Å². The molecule has 0 atom stereocenters. The Bertz CT molecular complexity index is 749. The molecule has 0 aromatic carbocycles. The van der Waals surface area contributed by atoms with Gasteiger partial charge in [0.25, 0.3) is 5.95 Å². The van der Waals surface area contributed by atoms with Crippen LogP contribution in [0, 0.1) is 10.8 Å². The summed E-state index contributed by atoms with van der Waals surface area (Å²) in [6.07, 6.45) is 4.45. The minimum Gasteiger partial charge on any atom is -0.475 e. The highest BCUT2D eigenvalue weighted by Crippen LogP contribution is 2.55. The van der Waals surface area contributed by atoms with Gasteiger partial charge in [0.1, 0.15) is 5.76 Å². The zero-order valence-corrected chi connectivity index (χ0v) is 16.1. The fourth-order valence-corrected chi connectivity index (χ4v) is 5.33. The zero-order chi connectivity index (χ0) is 17.7. The molecule has 130 valence electrons. The number of hydrogen-bond acceptors (Lipinski definition) is 3. The van der Waals surface area contributed by atoms with Crippen LogP contribution in [0.2, 0.25) is 0 Å². The molecule has 24 heavy (non-hydrogen) atoms. The maximum absolute atomic E-state index is 11.0. The molecule has 0 aliphatic heterocycles. The highest BCUT2D eigenvalue weighted by Gasteiger charge is 2.42. The lowest BCUT2D eigenvalue weighted by molar-refractivity contribution is 0.0654. The van der Waals surface area contributed by atoms with Gasteiger partial charge in [0, 0.05) is 11.5 Å². The lowest BCUT2D eigenvalue weighted by atomic mass is 9.65. The largest absolute Gasteiger partial charge is 0.475 e. The molecule has 0 unspecified atom stereocenters. The van der Waals surface area contributed by atoms with Gasteiger partial charge >= 0.3 is 5.97 Å². The molecular weight excluding hydrogens is 372 g/mol. The van der Waals surface area contributed by atoms with Gasteiger partial charge in [-0.2, -0.15) is 0 Å². The molecule has 2 aliphatic rings. The third-order valence-electron chi connectivity index (χ3n) is 4.99. The summed E-state index contributed by atoms with van der Waals surface area (Å²) in [5.41, 5.74) is 2.77. The molecule has 0 saturated heterocycles. The Kier molecular flexibility index (Phi) is 4.19. The van der Waals surface area contributed by atoms with Crippen LogP contribution in [-0.2, 0) is 0 Å². The van der Waals surface area contributed by atoms with E-state index in [1.807, 2.05) is 0 Å². The van der Waals surface area contributed by atoms with Crippen LogP contribution < -0.4 is 4.74 Å². The number of furan rings is 1. The third-order valence-corrected chi connectivity index (χ3v) is 5.75. The van der Waals surface area contributed by atoms with Crippen molar-refractivity contribution in [3.05, 3.63) is 39.3 Å². The fraction of sp³-hybridized carbons (Fsp3) is 0.526. The standard InChI is InChI=1S/C19H23BrO4/c1-18(2)9-5-6-11-10-19(3,4)16(15(20)14(11)18)24-13-8-7-12(23-13)17(21)22/h7-8H,5-6,9-10H2,1-4H3,(H,21,22). The van der Waals surface area contributed by atoms with Gasteiger partial charge in [-0.15, -0.1) is 0 Å². The summed E-state index contributed by atoms with van der Waals surface area (Å²) in [5, 5.41) is 9.00. The number of hydrogen-bond donors (Lipinski definition) is 1. The molecule has 1 N–H and O–H groups in total. The number of halogens is 1. The summed E-state index contributed by atoms with van der Waals surface area (Å²) in [7, 11) is 0. The highest BCUT2D eigenvalue weighted by molar-refractivity contribution is 9.12. The third kappa shape index (κ3) is 2.94. The number of aromatic carboxylic acids is 1. The van der Waals surface area contributed by atoms with Gasteiger partial charge in [-0.1, -0.05) is 33.3 Å². The molecule has 0 spiro atoms. The van der Waals surface area contributed by atoms with Crippen LogP contribution >= 0.6 is 15.9 Å². The van der Waals surface area contributed by atoms with Crippen molar-refractivity contribution in [2.24, 2.45) is 10.8 Å². The summed E-state index contributed by atoms with van der Waals surface area (Å²) < 4.78 is 12.3. The van der Waals surface area contributed by atoms with E-state index < -0.39 is 5.97 Å². The van der Waals surface area contributed by atoms with Crippen molar-refractivity contribution < 1.29 is 19.1 Å². The predicted molar refractivity (Wildman–Crippen MR) is 95.3 cm³/mol. The van der Waals surface area contributed by atoms with E-state index in [2.05, 4.69) is 43.6 Å². The Morgan fingerprint density at radius 1 is 1.25 bits per heavy atom. The van der Waals surface area contributed by atoms with Gasteiger partial charge < -0.3 is 14.3 Å². The van der Waals surface area contributed by atoms with Crippen molar-refractivity contribution in [3.63, 3.8) is 0 Å². The average molecular weight is 395 g/mol. The van der Waals surface area contributed by atoms with E-state index in [1.54, 1.807) is 6.07 Å². The minimum absolute atomic E-state index is 0.104. The van der Waals surface area contributed by atoms with Crippen LogP contribution in [0.25, 0.3) is 0 Å². The van der Waals surface area contributed by atoms with Gasteiger partial charge in [-0.05, 0) is 58.7 Å². The lowest BCUT2D eigenvalue weighted by Crippen LogP contribution is -2.32. The van der Waals surface area contributed by atoms with E-state index in [9.17, 15) is 4.79 Å². The van der Waals surface area contributed by atoms with E-state index in [-0.39, 0.29) is 22.5 Å². The Morgan fingerprint density at radius 3 is 2.58 bits per heavy atom. The number of ether oxygens (including phenoxy) is 1. The van der Waals surface area contributed by atoms with E-state index in [0.717, 1.165) is 29.5 Å². The van der Waals surface area contributed by atoms with Crippen molar-refractivity contribution in [1.29, 1.82) is 0 Å². The van der Waals surface area contributed by atoms with Crippen molar-refractivity contribution >= 4 is 21.9 Å². The maximum Gasteiger partial charge on any atom is 0.371 e. The topological polar surface area (TPSA) is 59.7 Å². The first-order valence-electron chi connectivity index (χ1n) is 8.26. The normalized spacial score (nSPS) is 22.4. The molecule has 0 fully saturated rings. The van der Waals surface area contributed by atoms with Crippen molar-refractivity contribution in [1.82, 2.24) is 0 Å². The summed E-state index contributed by atoms with van der Waals surface area (Å²) in [6.45, 7) is 8.84. The lowest BCUT2D eigenvalue weighted by Gasteiger charge is -2.43. The van der Waals surface area contributed by atoms with Crippen LogP contribution in [0.5, 0.6) is 5.95 Å². The number of carboxylic acid groups (broad SMARTS) is 1. The van der Waals surface area contributed by atoms with E-state index in [1.165, 1.54) is 23.6 Å². The van der Waals surface area contributed by atoms with Crippen LogP contribution in [-0.4, -0.2) is 11.1 Å². The molecule has 0 bridgehead atoms. The van der Waals surface area contributed by atoms with Gasteiger partial charge in [-0.3, -0.25) is 0 Å². The second-order valence-corrected chi connectivity index (χ2v) is 8.74. The molecule has 3 rings (SSSR count). The first-order chi connectivity index (χ1) is 11.1. The molecule has 0 radical (unpaired) electrons. The Labute approximate surface area is 150 Å². The smallest absolute Gasteiger partial charge is 0.371 e. The van der Waals surface area contributed by atoms with Crippen molar-refractivity contribution in [2.45, 2.75) is 53.4 Å². The Balaban J connectivity index is 2.02. The average Bonchev–Trinajstić information content (AvgIpc) is 2.90. The molecule has 4 nitrogen and oxygen atoms in total. The molecule has 0 amide bonds. The molecule has 1 aromatic heterocycles. The second-order valence-electron chi connectivity index (χ2n) is 7.95. The monoisotopic (exact) mass is 394 g/mol. The maximum atomic E-state index is 11.0. The minimum atomic E-state index is -1.10.